The van der Waals surface area contributed by atoms with Gasteiger partial charge in [-0.05, 0) is 36.2 Å². The Hall–Kier alpha value is -2.20. The lowest BCUT2D eigenvalue weighted by atomic mass is 10.00. The highest BCUT2D eigenvalue weighted by molar-refractivity contribution is 5.82. The average Bonchev–Trinajstić information content (AvgIpc) is 2.75. The molecule has 20 heavy (non-hydrogen) atoms. The highest BCUT2D eigenvalue weighted by Crippen LogP contribution is 2.27. The number of nitrogens with zero attached hydrogens (tertiary/aromatic N) is 2. The van der Waals surface area contributed by atoms with E-state index in [1.807, 2.05) is 44.3 Å². The van der Waals surface area contributed by atoms with Gasteiger partial charge in [-0.2, -0.15) is 5.10 Å². The van der Waals surface area contributed by atoms with Crippen LogP contribution in [0.25, 0.3) is 10.9 Å². The Morgan fingerprint density at radius 1 is 1.20 bits per heavy atom. The quantitative estimate of drug-likeness (QED) is 0.777. The van der Waals surface area contributed by atoms with Crippen LogP contribution in [-0.4, -0.2) is 9.78 Å². The van der Waals surface area contributed by atoms with Gasteiger partial charge in [0.05, 0.1) is 17.3 Å². The molecule has 3 rings (SSSR count). The van der Waals surface area contributed by atoms with Gasteiger partial charge in [-0.1, -0.05) is 24.3 Å². The van der Waals surface area contributed by atoms with E-state index in [0.717, 1.165) is 27.7 Å². The Morgan fingerprint density at radius 2 is 1.95 bits per heavy atom. The molecule has 2 N–H and O–H groups in total. The van der Waals surface area contributed by atoms with Crippen LogP contribution in [0.1, 0.15) is 22.9 Å². The van der Waals surface area contributed by atoms with Crippen molar-refractivity contribution in [1.29, 1.82) is 0 Å². The van der Waals surface area contributed by atoms with Crippen LogP contribution < -0.4 is 5.73 Å². The van der Waals surface area contributed by atoms with E-state index in [4.69, 9.17) is 5.73 Å². The van der Waals surface area contributed by atoms with Gasteiger partial charge < -0.3 is 5.73 Å². The third-order valence-corrected chi connectivity index (χ3v) is 3.50. The first-order valence-corrected chi connectivity index (χ1v) is 6.50. The molecule has 0 bridgehead atoms. The fourth-order valence-electron chi connectivity index (χ4n) is 2.57. The Bertz CT molecular complexity index is 756. The van der Waals surface area contributed by atoms with Crippen LogP contribution in [-0.2, 0) is 7.05 Å². The number of nitrogens with two attached hydrogens (primary N) is 1. The van der Waals surface area contributed by atoms with E-state index >= 15 is 0 Å². The Balaban J connectivity index is 2.15. The highest BCUT2D eigenvalue weighted by atomic mass is 19.1. The molecule has 0 aliphatic heterocycles. The van der Waals surface area contributed by atoms with Gasteiger partial charge >= 0.3 is 0 Å². The summed E-state index contributed by atoms with van der Waals surface area (Å²) in [5.41, 5.74) is 9.68. The van der Waals surface area contributed by atoms with E-state index < -0.39 is 6.04 Å². The predicted molar refractivity (Wildman–Crippen MR) is 77.9 cm³/mol. The number of rotatable bonds is 2. The molecule has 3 aromatic rings. The molecule has 0 spiro atoms. The summed E-state index contributed by atoms with van der Waals surface area (Å²) in [7, 11) is 1.88. The maximum Gasteiger partial charge on any atom is 0.123 e. The summed E-state index contributed by atoms with van der Waals surface area (Å²) in [5.74, 6) is -0.268. The molecule has 1 heterocycles. The van der Waals surface area contributed by atoms with Crippen LogP contribution in [0.5, 0.6) is 0 Å². The first kappa shape index (κ1) is 12.8. The molecular weight excluding hydrogens is 253 g/mol. The van der Waals surface area contributed by atoms with Crippen LogP contribution in [0.2, 0.25) is 0 Å². The van der Waals surface area contributed by atoms with E-state index in [0.29, 0.717) is 0 Å². The molecule has 2 aromatic carbocycles. The summed E-state index contributed by atoms with van der Waals surface area (Å²) in [6.45, 7) is 1.86. The molecule has 3 nitrogen and oxygen atoms in total. The van der Waals surface area contributed by atoms with E-state index in [-0.39, 0.29) is 5.82 Å². The van der Waals surface area contributed by atoms with Gasteiger partial charge in [-0.15, -0.1) is 0 Å². The van der Waals surface area contributed by atoms with Crippen molar-refractivity contribution in [2.24, 2.45) is 12.8 Å². The third-order valence-electron chi connectivity index (χ3n) is 3.50. The molecule has 1 atom stereocenters. The van der Waals surface area contributed by atoms with Crippen LogP contribution in [0.4, 0.5) is 4.39 Å². The molecule has 0 amide bonds. The maximum atomic E-state index is 13.5. The van der Waals surface area contributed by atoms with E-state index in [1.165, 1.54) is 12.1 Å². The topological polar surface area (TPSA) is 43.8 Å². The molecule has 1 aromatic heterocycles. The van der Waals surface area contributed by atoms with Crippen molar-refractivity contribution in [3.05, 3.63) is 65.1 Å². The van der Waals surface area contributed by atoms with Gasteiger partial charge in [0, 0.05) is 12.4 Å². The van der Waals surface area contributed by atoms with Crippen molar-refractivity contribution >= 4 is 10.9 Å². The minimum Gasteiger partial charge on any atom is -0.319 e. The summed E-state index contributed by atoms with van der Waals surface area (Å²) in [6.07, 6.45) is 0. The lowest BCUT2D eigenvalue weighted by molar-refractivity contribution is 0.621. The first-order chi connectivity index (χ1) is 9.56. The van der Waals surface area contributed by atoms with E-state index in [9.17, 15) is 4.39 Å². The average molecular weight is 269 g/mol. The number of para-hydroxylation sites is 1. The Labute approximate surface area is 116 Å². The Morgan fingerprint density at radius 3 is 2.70 bits per heavy atom. The molecule has 0 aliphatic carbocycles. The zero-order chi connectivity index (χ0) is 14.3. The lowest BCUT2D eigenvalue weighted by Gasteiger charge is -2.11. The number of benzene rings is 2. The van der Waals surface area contributed by atoms with E-state index in [2.05, 4.69) is 5.10 Å². The fraction of sp³-hybridized carbons (Fsp3) is 0.188. The molecule has 0 aliphatic rings. The number of aromatic nitrogens is 2. The van der Waals surface area contributed by atoms with Gasteiger partial charge in [0.15, 0.2) is 0 Å². The summed E-state index contributed by atoms with van der Waals surface area (Å²) in [4.78, 5) is 0. The number of aryl methyl sites for hydroxylation is 2. The summed E-state index contributed by atoms with van der Waals surface area (Å²) < 4.78 is 15.3. The zero-order valence-corrected chi connectivity index (χ0v) is 11.5. The highest BCUT2D eigenvalue weighted by Gasteiger charge is 2.17. The molecule has 0 fully saturated rings. The van der Waals surface area contributed by atoms with Crippen molar-refractivity contribution in [1.82, 2.24) is 9.78 Å². The van der Waals surface area contributed by atoms with Gasteiger partial charge in [-0.3, -0.25) is 4.68 Å². The molecule has 0 radical (unpaired) electrons. The number of hydrogen-bond acceptors (Lipinski definition) is 2. The predicted octanol–water partition coefficient (Wildman–Crippen LogP) is 3.07. The van der Waals surface area contributed by atoms with Gasteiger partial charge in [0.25, 0.3) is 0 Å². The molecule has 0 saturated carbocycles. The van der Waals surface area contributed by atoms with Crippen LogP contribution in [0.3, 0.4) is 0 Å². The minimum absolute atomic E-state index is 0.268. The fourth-order valence-corrected chi connectivity index (χ4v) is 2.57. The minimum atomic E-state index is -0.435. The lowest BCUT2D eigenvalue weighted by Crippen LogP contribution is -2.13. The first-order valence-electron chi connectivity index (χ1n) is 6.50. The van der Waals surface area contributed by atoms with Crippen LogP contribution in [0.15, 0.2) is 42.5 Å². The summed E-state index contributed by atoms with van der Waals surface area (Å²) in [6, 6.07) is 12.3. The van der Waals surface area contributed by atoms with Gasteiger partial charge in [-0.25, -0.2) is 4.39 Å². The van der Waals surface area contributed by atoms with Crippen molar-refractivity contribution in [2.45, 2.75) is 13.0 Å². The van der Waals surface area contributed by atoms with Crippen molar-refractivity contribution in [3.8, 4) is 0 Å². The maximum absolute atomic E-state index is 13.5. The van der Waals surface area contributed by atoms with Crippen molar-refractivity contribution in [3.63, 3.8) is 0 Å². The number of hydrogen-bond donors (Lipinski definition) is 1. The molecule has 1 unspecified atom stereocenters. The smallest absolute Gasteiger partial charge is 0.123 e. The molecule has 102 valence electrons. The second kappa shape index (κ2) is 4.72. The molecule has 4 heteroatoms. The standard InChI is InChI=1S/C16H16FN3/c1-10-7-11(9-12(17)8-10)15(18)16-13-5-3-4-6-14(13)20(2)19-16/h3-9,15H,18H2,1-2H3. The number of fused-ring (bicyclic) bond motifs is 1. The van der Waals surface area contributed by atoms with Gasteiger partial charge in [0.2, 0.25) is 0 Å². The van der Waals surface area contributed by atoms with Crippen molar-refractivity contribution < 1.29 is 4.39 Å². The largest absolute Gasteiger partial charge is 0.319 e. The second-order valence-corrected chi connectivity index (χ2v) is 5.07. The zero-order valence-electron chi connectivity index (χ0n) is 11.5. The van der Waals surface area contributed by atoms with E-state index in [1.54, 1.807) is 4.68 Å². The van der Waals surface area contributed by atoms with Crippen molar-refractivity contribution in [2.75, 3.05) is 0 Å². The third kappa shape index (κ3) is 2.08. The SMILES string of the molecule is Cc1cc(F)cc(C(N)c2nn(C)c3ccccc23)c1. The van der Waals surface area contributed by atoms with Gasteiger partial charge in [0.1, 0.15) is 5.82 Å². The number of halogens is 1. The summed E-state index contributed by atoms with van der Waals surface area (Å²) in [5, 5.41) is 5.50. The molecular formula is C16H16FN3. The van der Waals surface area contributed by atoms with Crippen LogP contribution in [0, 0.1) is 12.7 Å². The normalized spacial score (nSPS) is 12.8. The summed E-state index contributed by atoms with van der Waals surface area (Å²) >= 11 is 0. The monoisotopic (exact) mass is 269 g/mol. The second-order valence-electron chi connectivity index (χ2n) is 5.07. The molecule has 0 saturated heterocycles. The van der Waals surface area contributed by atoms with Crippen LogP contribution >= 0.6 is 0 Å². The Kier molecular flexibility index (Phi) is 3.03.